The second-order valence-electron chi connectivity index (χ2n) is 23.9. The number of anilines is 3. The molecular formula is C84H53BN4S. The van der Waals surface area contributed by atoms with E-state index in [-0.39, 0.29) is 6.71 Å². The lowest BCUT2D eigenvalue weighted by Crippen LogP contribution is -2.60. The molecule has 5 heterocycles. The van der Waals surface area contributed by atoms with E-state index >= 15 is 0 Å². The van der Waals surface area contributed by atoms with Gasteiger partial charge in [-0.1, -0.05) is 278 Å². The van der Waals surface area contributed by atoms with Gasteiger partial charge in [-0.15, -0.1) is 0 Å². The van der Waals surface area contributed by atoms with Gasteiger partial charge in [-0.2, -0.15) is 0 Å². The first kappa shape index (κ1) is 50.8. The smallest absolute Gasteiger partial charge is 0.249 e. The number of hydrogen-bond donors (Lipinski definition) is 0. The third kappa shape index (κ3) is 7.59. The van der Waals surface area contributed by atoms with Crippen molar-refractivity contribution in [3.63, 3.8) is 0 Å². The predicted molar refractivity (Wildman–Crippen MR) is 381 cm³/mol. The molecule has 0 atom stereocenters. The minimum atomic E-state index is -0.210. The first-order valence-corrected chi connectivity index (χ1v) is 31.8. The zero-order valence-electron chi connectivity index (χ0n) is 48.9. The molecule has 0 aliphatic carbocycles. The number of nitrogens with zero attached hydrogens (tertiary/aromatic N) is 4. The molecule has 0 fully saturated rings. The van der Waals surface area contributed by atoms with Gasteiger partial charge in [0.15, 0.2) is 0 Å². The van der Waals surface area contributed by atoms with Crippen LogP contribution in [-0.2, 0) is 0 Å². The number of para-hydroxylation sites is 7. The van der Waals surface area contributed by atoms with Gasteiger partial charge in [0, 0.05) is 81.4 Å². The largest absolute Gasteiger partial charge is 0.310 e. The van der Waals surface area contributed by atoms with E-state index in [0.29, 0.717) is 0 Å². The van der Waals surface area contributed by atoms with E-state index in [0.717, 1.165) is 78.5 Å². The van der Waals surface area contributed by atoms with Crippen molar-refractivity contribution >= 4 is 117 Å². The van der Waals surface area contributed by atoms with Gasteiger partial charge in [0.2, 0.25) is 6.71 Å². The summed E-state index contributed by atoms with van der Waals surface area (Å²) in [5.41, 5.74) is 26.9. The van der Waals surface area contributed by atoms with Gasteiger partial charge >= 0.3 is 0 Å². The van der Waals surface area contributed by atoms with Gasteiger partial charge in [-0.25, -0.2) is 0 Å². The molecule has 0 saturated heterocycles. The summed E-state index contributed by atoms with van der Waals surface area (Å²) < 4.78 is 7.58. The van der Waals surface area contributed by atoms with Crippen molar-refractivity contribution in [2.24, 2.45) is 0 Å². The standard InChI is InChI=1S/C84H53BN4S/c1-5-26-54(27-6-1)59-40-25-41-60(55-28-7-2-8-29-55)84(59)89-79-52-77(87-73-44-21-15-36-63(73)64-37-16-22-45-74(64)87)67(56-30-9-3-10-31-56)50-69(79)85-70-51-68(57-32-11-4-12-33-57)78(88-75-46-23-17-38-65(75)66-39-18-24-47-76(66)88)53-81(70)90-82-49-58(48-80(89)83(82)85)86-71-42-19-13-34-61(71)62-35-14-20-43-72(62)86/h1-53H. The van der Waals surface area contributed by atoms with Crippen LogP contribution in [0.2, 0.25) is 0 Å². The Morgan fingerprint density at radius 1 is 0.244 bits per heavy atom. The summed E-state index contributed by atoms with van der Waals surface area (Å²) in [6.07, 6.45) is 0. The molecule has 6 heteroatoms. The van der Waals surface area contributed by atoms with Crippen LogP contribution >= 0.6 is 11.8 Å². The minimum absolute atomic E-state index is 0.210. The zero-order chi connectivity index (χ0) is 59.0. The van der Waals surface area contributed by atoms with Crippen LogP contribution < -0.4 is 21.3 Å². The van der Waals surface area contributed by atoms with E-state index in [1.807, 2.05) is 11.8 Å². The molecule has 0 spiro atoms. The van der Waals surface area contributed by atoms with Crippen LogP contribution in [0, 0.1) is 0 Å². The third-order valence-electron chi connectivity index (χ3n) is 19.1. The molecule has 4 nitrogen and oxygen atoms in total. The Hall–Kier alpha value is -11.3. The summed E-state index contributed by atoms with van der Waals surface area (Å²) in [5.74, 6) is 0. The Morgan fingerprint density at radius 3 is 1.02 bits per heavy atom. The number of aromatic nitrogens is 3. The number of benzene rings is 14. The second kappa shape index (κ2) is 20.1. The van der Waals surface area contributed by atoms with Crippen LogP contribution in [0.4, 0.5) is 17.1 Å². The molecule has 19 rings (SSSR count). The molecule has 418 valence electrons. The summed E-state index contributed by atoms with van der Waals surface area (Å²) in [6, 6.07) is 120. The van der Waals surface area contributed by atoms with Crippen LogP contribution in [0.3, 0.4) is 0 Å². The number of rotatable bonds is 8. The van der Waals surface area contributed by atoms with Gasteiger partial charge in [-0.05, 0) is 93.8 Å². The van der Waals surface area contributed by atoms with E-state index < -0.39 is 0 Å². The van der Waals surface area contributed by atoms with E-state index in [1.54, 1.807) is 0 Å². The Balaban J connectivity index is 1.00. The average Bonchev–Trinajstić information content (AvgIpc) is 0.826. The maximum Gasteiger partial charge on any atom is 0.249 e. The van der Waals surface area contributed by atoms with Crippen molar-refractivity contribution in [1.82, 2.24) is 13.7 Å². The second-order valence-corrected chi connectivity index (χ2v) is 24.9. The van der Waals surface area contributed by atoms with Gasteiger partial charge in [0.05, 0.1) is 50.2 Å². The van der Waals surface area contributed by atoms with E-state index in [2.05, 4.69) is 340 Å². The highest BCUT2D eigenvalue weighted by Crippen LogP contribution is 2.52. The summed E-state index contributed by atoms with van der Waals surface area (Å²) in [4.78, 5) is 5.15. The van der Waals surface area contributed by atoms with Crippen molar-refractivity contribution in [2.75, 3.05) is 4.90 Å². The van der Waals surface area contributed by atoms with Crippen LogP contribution in [0.5, 0.6) is 0 Å². The van der Waals surface area contributed by atoms with Crippen LogP contribution in [0.15, 0.2) is 331 Å². The molecule has 0 saturated carbocycles. The van der Waals surface area contributed by atoms with Crippen molar-refractivity contribution in [3.05, 3.63) is 322 Å². The van der Waals surface area contributed by atoms with Crippen molar-refractivity contribution < 1.29 is 0 Å². The van der Waals surface area contributed by atoms with Gasteiger partial charge in [0.1, 0.15) is 0 Å². The molecule has 2 aliphatic heterocycles. The Kier molecular flexibility index (Phi) is 11.4. The van der Waals surface area contributed by atoms with Crippen LogP contribution in [0.1, 0.15) is 0 Å². The summed E-state index contributed by atoms with van der Waals surface area (Å²) >= 11 is 1.92. The number of hydrogen-bond acceptors (Lipinski definition) is 2. The first-order valence-electron chi connectivity index (χ1n) is 31.0. The zero-order valence-corrected chi connectivity index (χ0v) is 49.7. The molecule has 17 aromatic rings. The summed E-state index contributed by atoms with van der Waals surface area (Å²) in [6.45, 7) is -0.210. The fourth-order valence-corrected chi connectivity index (χ4v) is 16.5. The van der Waals surface area contributed by atoms with Crippen LogP contribution in [-0.4, -0.2) is 20.4 Å². The molecule has 0 amide bonds. The minimum Gasteiger partial charge on any atom is -0.310 e. The Morgan fingerprint density at radius 2 is 0.600 bits per heavy atom. The topological polar surface area (TPSA) is 18.0 Å². The maximum atomic E-state index is 2.69. The highest BCUT2D eigenvalue weighted by Gasteiger charge is 2.44. The molecule has 0 unspecified atom stereocenters. The Labute approximate surface area is 525 Å². The van der Waals surface area contributed by atoms with E-state index in [9.17, 15) is 0 Å². The molecular weight excluding hydrogens is 1110 g/mol. The molecule has 0 N–H and O–H groups in total. The third-order valence-corrected chi connectivity index (χ3v) is 20.2. The normalized spacial score (nSPS) is 12.6. The number of fused-ring (bicyclic) bond motifs is 13. The fraction of sp³-hybridized carbons (Fsp3) is 0. The lowest BCUT2D eigenvalue weighted by atomic mass is 9.34. The first-order chi connectivity index (χ1) is 44.7. The molecule has 3 aromatic heterocycles. The van der Waals surface area contributed by atoms with Crippen molar-refractivity contribution in [2.45, 2.75) is 9.79 Å². The van der Waals surface area contributed by atoms with Crippen molar-refractivity contribution in [1.29, 1.82) is 0 Å². The molecule has 14 aromatic carbocycles. The molecule has 0 bridgehead atoms. The van der Waals surface area contributed by atoms with E-state index in [4.69, 9.17) is 0 Å². The quantitative estimate of drug-likeness (QED) is 0.141. The average molecular weight is 1160 g/mol. The van der Waals surface area contributed by atoms with Crippen LogP contribution in [0.25, 0.3) is 127 Å². The molecule has 2 aliphatic rings. The summed E-state index contributed by atoms with van der Waals surface area (Å²) in [5, 5.41) is 7.38. The maximum absolute atomic E-state index is 2.69. The fourth-order valence-electron chi connectivity index (χ4n) is 15.3. The lowest BCUT2D eigenvalue weighted by Gasteiger charge is -2.42. The Bertz CT molecular complexity index is 5550. The van der Waals surface area contributed by atoms with E-state index in [1.165, 1.54) is 91.7 Å². The van der Waals surface area contributed by atoms with Gasteiger partial charge in [-0.3, -0.25) is 0 Å². The molecule has 0 radical (unpaired) electrons. The SMILES string of the molecule is c1ccc(-c2cc3c(cc2-n2c4ccccc4c4ccccc42)Sc2cc(-n4c5ccccc5c5ccccc54)cc4c2B3c2cc(-c3ccccc3)c(-n3c5ccccc5c5ccccc53)cc2N4c2c(-c3ccccc3)cccc2-c2ccccc2)cc1. The lowest BCUT2D eigenvalue weighted by molar-refractivity contribution is 1.14. The predicted octanol–water partition coefficient (Wildman–Crippen LogP) is 20.4. The monoisotopic (exact) mass is 1160 g/mol. The van der Waals surface area contributed by atoms with Gasteiger partial charge in [0.25, 0.3) is 0 Å². The van der Waals surface area contributed by atoms with Crippen molar-refractivity contribution in [3.8, 4) is 61.6 Å². The highest BCUT2D eigenvalue weighted by molar-refractivity contribution is 8.00. The summed E-state index contributed by atoms with van der Waals surface area (Å²) in [7, 11) is 0. The molecule has 90 heavy (non-hydrogen) atoms. The highest BCUT2D eigenvalue weighted by atomic mass is 32.2. The van der Waals surface area contributed by atoms with Gasteiger partial charge < -0.3 is 18.6 Å².